The van der Waals surface area contributed by atoms with E-state index in [9.17, 15) is 19.5 Å². The summed E-state index contributed by atoms with van der Waals surface area (Å²) in [6, 6.07) is 12.8. The smallest absolute Gasteiger partial charge is 0.313 e. The number of carbonyl (C=O) groups is 3. The first kappa shape index (κ1) is 23.9. The van der Waals surface area contributed by atoms with Crippen LogP contribution in [0.25, 0.3) is 10.8 Å². The molecule has 0 saturated carbocycles. The van der Waals surface area contributed by atoms with Gasteiger partial charge in [-0.2, -0.15) is 0 Å². The molecule has 0 aliphatic carbocycles. The van der Waals surface area contributed by atoms with Gasteiger partial charge in [-0.3, -0.25) is 14.4 Å². The van der Waals surface area contributed by atoms with E-state index in [0.29, 0.717) is 19.4 Å². The number of ether oxygens (including phenoxy) is 2. The lowest BCUT2D eigenvalue weighted by Crippen LogP contribution is -2.56. The minimum absolute atomic E-state index is 0.122. The van der Waals surface area contributed by atoms with Crippen LogP contribution in [0.15, 0.2) is 66.8 Å². The molecule has 1 unspecified atom stereocenters. The number of fused-ring (bicyclic) bond motifs is 3. The number of rotatable bonds is 5. The monoisotopic (exact) mass is 502 g/mol. The van der Waals surface area contributed by atoms with Gasteiger partial charge in [-0.15, -0.1) is 0 Å². The molecule has 2 aromatic carbocycles. The summed E-state index contributed by atoms with van der Waals surface area (Å²) in [4.78, 5) is 44.8. The number of aliphatic hydroxyl groups excluding tert-OH is 1. The van der Waals surface area contributed by atoms with Crippen molar-refractivity contribution in [2.24, 2.45) is 11.8 Å². The highest BCUT2D eigenvalue weighted by Crippen LogP contribution is 2.58. The normalized spacial score (nSPS) is 32.7. The molecular weight excluding hydrogens is 472 g/mol. The van der Waals surface area contributed by atoms with Crippen LogP contribution in [-0.4, -0.2) is 71.3 Å². The maximum absolute atomic E-state index is 14.4. The second-order valence-electron chi connectivity index (χ2n) is 10.1. The zero-order valence-corrected chi connectivity index (χ0v) is 20.7. The van der Waals surface area contributed by atoms with Crippen molar-refractivity contribution < 1.29 is 29.0 Å². The van der Waals surface area contributed by atoms with Gasteiger partial charge in [0, 0.05) is 25.4 Å². The van der Waals surface area contributed by atoms with E-state index in [2.05, 4.69) is 0 Å². The van der Waals surface area contributed by atoms with Crippen molar-refractivity contribution in [3.63, 3.8) is 0 Å². The molecule has 0 radical (unpaired) electrons. The first-order valence-corrected chi connectivity index (χ1v) is 12.9. The lowest BCUT2D eigenvalue weighted by atomic mass is 9.73. The molecule has 0 aromatic heterocycles. The van der Waals surface area contributed by atoms with Crippen LogP contribution < -0.4 is 4.90 Å². The number of likely N-dealkylation sites (tertiary alicyclic amines) is 1. The van der Waals surface area contributed by atoms with E-state index in [1.165, 1.54) is 4.90 Å². The lowest BCUT2D eigenvalue weighted by molar-refractivity contribution is -0.157. The van der Waals surface area contributed by atoms with E-state index < -0.39 is 35.0 Å². The lowest BCUT2D eigenvalue weighted by Gasteiger charge is -2.38. The Morgan fingerprint density at radius 3 is 2.59 bits per heavy atom. The van der Waals surface area contributed by atoms with Gasteiger partial charge in [-0.25, -0.2) is 0 Å². The molecule has 37 heavy (non-hydrogen) atoms. The van der Waals surface area contributed by atoms with Gasteiger partial charge in [-0.1, -0.05) is 55.5 Å². The summed E-state index contributed by atoms with van der Waals surface area (Å²) < 4.78 is 12.3. The fraction of sp³-hybridized carbons (Fsp3) is 0.414. The van der Waals surface area contributed by atoms with Crippen LogP contribution in [-0.2, 0) is 23.9 Å². The summed E-state index contributed by atoms with van der Waals surface area (Å²) in [7, 11) is 0. The van der Waals surface area contributed by atoms with Crippen molar-refractivity contribution >= 4 is 34.2 Å². The van der Waals surface area contributed by atoms with Crippen LogP contribution in [0, 0.1) is 11.8 Å². The van der Waals surface area contributed by atoms with E-state index >= 15 is 0 Å². The van der Waals surface area contributed by atoms with Crippen molar-refractivity contribution in [1.82, 2.24) is 4.90 Å². The number of hydrogen-bond acceptors (Lipinski definition) is 6. The maximum atomic E-state index is 14.4. The highest BCUT2D eigenvalue weighted by molar-refractivity contribution is 6.06. The molecule has 4 heterocycles. The molecule has 5 atom stereocenters. The van der Waals surface area contributed by atoms with E-state index in [4.69, 9.17) is 9.47 Å². The van der Waals surface area contributed by atoms with Crippen LogP contribution >= 0.6 is 0 Å². The van der Waals surface area contributed by atoms with Crippen molar-refractivity contribution in [3.8, 4) is 0 Å². The minimum Gasteiger partial charge on any atom is -0.461 e. The fourth-order valence-corrected chi connectivity index (χ4v) is 6.65. The largest absolute Gasteiger partial charge is 0.461 e. The number of cyclic esters (lactones) is 1. The summed E-state index contributed by atoms with van der Waals surface area (Å²) in [6.07, 6.45) is 8.05. The van der Waals surface area contributed by atoms with Crippen LogP contribution in [0.3, 0.4) is 0 Å². The highest BCUT2D eigenvalue weighted by atomic mass is 16.6. The van der Waals surface area contributed by atoms with Crippen LogP contribution in [0.4, 0.5) is 5.69 Å². The Labute approximate surface area is 215 Å². The predicted molar refractivity (Wildman–Crippen MR) is 137 cm³/mol. The average Bonchev–Trinajstić information content (AvgIpc) is 3.18. The van der Waals surface area contributed by atoms with Gasteiger partial charge in [0.05, 0.1) is 5.92 Å². The first-order chi connectivity index (χ1) is 18.0. The molecular formula is C29H30N2O6. The molecule has 2 aromatic rings. The van der Waals surface area contributed by atoms with Gasteiger partial charge in [0.1, 0.15) is 29.8 Å². The van der Waals surface area contributed by atoms with Crippen LogP contribution in [0.2, 0.25) is 0 Å². The molecule has 1 N–H and O–H groups in total. The second-order valence-corrected chi connectivity index (χ2v) is 10.1. The van der Waals surface area contributed by atoms with Gasteiger partial charge in [-0.05, 0) is 41.8 Å². The third-order valence-corrected chi connectivity index (χ3v) is 8.30. The first-order valence-electron chi connectivity index (χ1n) is 12.9. The molecule has 2 amide bonds. The van der Waals surface area contributed by atoms with E-state index in [1.54, 1.807) is 11.0 Å². The Bertz CT molecular complexity index is 1340. The maximum Gasteiger partial charge on any atom is 0.313 e. The molecule has 8 heteroatoms. The number of hydrogen-bond donors (Lipinski definition) is 1. The quantitative estimate of drug-likeness (QED) is 0.499. The zero-order valence-electron chi connectivity index (χ0n) is 20.7. The predicted octanol–water partition coefficient (Wildman–Crippen LogP) is 2.60. The van der Waals surface area contributed by atoms with Crippen molar-refractivity contribution in [3.05, 3.63) is 66.8 Å². The van der Waals surface area contributed by atoms with Gasteiger partial charge in [0.2, 0.25) is 5.91 Å². The van der Waals surface area contributed by atoms with Gasteiger partial charge in [0.25, 0.3) is 5.91 Å². The number of carbonyl (C=O) groups excluding carboxylic acids is 3. The Hall–Kier alpha value is -3.49. The summed E-state index contributed by atoms with van der Waals surface area (Å²) in [5, 5.41) is 11.6. The topological polar surface area (TPSA) is 96.4 Å². The molecule has 2 saturated heterocycles. The van der Waals surface area contributed by atoms with E-state index in [1.807, 2.05) is 67.6 Å². The van der Waals surface area contributed by atoms with E-state index in [-0.39, 0.29) is 31.6 Å². The van der Waals surface area contributed by atoms with Crippen molar-refractivity contribution in [2.75, 3.05) is 31.2 Å². The summed E-state index contributed by atoms with van der Waals surface area (Å²) >= 11 is 0. The van der Waals surface area contributed by atoms with Crippen LogP contribution in [0.5, 0.6) is 0 Å². The van der Waals surface area contributed by atoms with Crippen molar-refractivity contribution in [2.45, 2.75) is 37.0 Å². The Kier molecular flexibility index (Phi) is 5.69. The molecule has 2 fully saturated rings. The molecule has 0 bridgehead atoms. The average molecular weight is 503 g/mol. The number of aliphatic hydroxyl groups is 1. The zero-order chi connectivity index (χ0) is 25.8. The van der Waals surface area contributed by atoms with Crippen LogP contribution in [0.1, 0.15) is 19.8 Å². The number of benzene rings is 2. The van der Waals surface area contributed by atoms with Gasteiger partial charge < -0.3 is 24.4 Å². The van der Waals surface area contributed by atoms with E-state index in [0.717, 1.165) is 16.5 Å². The molecule has 1 spiro atoms. The van der Waals surface area contributed by atoms with Gasteiger partial charge >= 0.3 is 5.97 Å². The SMILES string of the molecule is CC[C@@]12C=CCOC(=O)[C@@H]1[C@H]1C(=O)N(CCCO)C3C(=O)N(c4ccc5ccccc5c4)CC=C[C@@]31O2. The third-order valence-electron chi connectivity index (χ3n) is 8.30. The highest BCUT2D eigenvalue weighted by Gasteiger charge is 2.75. The number of anilines is 1. The van der Waals surface area contributed by atoms with Crippen molar-refractivity contribution in [1.29, 1.82) is 0 Å². The summed E-state index contributed by atoms with van der Waals surface area (Å²) in [5.74, 6) is -2.84. The summed E-state index contributed by atoms with van der Waals surface area (Å²) in [5.41, 5.74) is -1.64. The standard InChI is InChI=1S/C29H30N2O6/c1-2-28-12-6-17-36-27(35)23(28)22-25(33)31(15-7-16-32)24-26(34)30(14-5-13-29(22,24)37-28)21-11-10-19-8-3-4-9-20(19)18-21/h3-6,8-13,18,22-24,32H,2,7,14-17H2,1H3/t22-,23-,24?,28+,29-/m0/s1. The summed E-state index contributed by atoms with van der Waals surface area (Å²) in [6.45, 7) is 2.40. The Morgan fingerprint density at radius 1 is 1.00 bits per heavy atom. The second kappa shape index (κ2) is 8.82. The Morgan fingerprint density at radius 2 is 1.81 bits per heavy atom. The molecule has 192 valence electrons. The number of nitrogens with zero attached hydrogens (tertiary/aromatic N) is 2. The Balaban J connectivity index is 1.48. The fourth-order valence-electron chi connectivity index (χ4n) is 6.65. The third kappa shape index (κ3) is 3.39. The number of amides is 2. The molecule has 4 aliphatic rings. The minimum atomic E-state index is -1.32. The van der Waals surface area contributed by atoms with Gasteiger partial charge in [0.15, 0.2) is 0 Å². The molecule has 6 rings (SSSR count). The molecule has 4 aliphatic heterocycles. The molecule has 8 nitrogen and oxygen atoms in total. The number of esters is 1.